The summed E-state index contributed by atoms with van der Waals surface area (Å²) in [6.07, 6.45) is 1.02. The summed E-state index contributed by atoms with van der Waals surface area (Å²) < 4.78 is 43.9. The Morgan fingerprint density at radius 3 is 2.58 bits per heavy atom. The van der Waals surface area contributed by atoms with Gasteiger partial charge in [-0.05, 0) is 18.2 Å². The lowest BCUT2D eigenvalue weighted by atomic mass is 10.2. The Kier molecular flexibility index (Phi) is 6.57. The molecule has 0 saturated carbocycles. The molecule has 26 heavy (non-hydrogen) atoms. The van der Waals surface area contributed by atoms with E-state index < -0.39 is 15.8 Å². The van der Waals surface area contributed by atoms with E-state index in [9.17, 15) is 17.6 Å². The molecule has 0 spiro atoms. The molecule has 8 heteroatoms. The molecule has 6 nitrogen and oxygen atoms in total. The van der Waals surface area contributed by atoms with Crippen molar-refractivity contribution in [3.63, 3.8) is 0 Å². The first-order valence-corrected chi connectivity index (χ1v) is 9.78. The first kappa shape index (κ1) is 19.7. The number of ether oxygens (including phenoxy) is 1. The van der Waals surface area contributed by atoms with E-state index in [1.165, 1.54) is 13.2 Å². The molecule has 0 atom stereocenters. The number of hydrogen-bond donors (Lipinski definition) is 1. The lowest BCUT2D eigenvalue weighted by Gasteiger charge is -2.22. The molecular weight excluding hydrogens is 359 g/mol. The number of nitrogens with zero attached hydrogens (tertiary/aromatic N) is 1. The van der Waals surface area contributed by atoms with Gasteiger partial charge in [0.2, 0.25) is 15.9 Å². The SMILES string of the molecule is COc1cccc(N(CCC(=O)NCc2ccccc2F)S(C)(=O)=O)c1. The number of nitrogens with one attached hydrogen (secondary N) is 1. The second kappa shape index (κ2) is 8.66. The van der Waals surface area contributed by atoms with Crippen molar-refractivity contribution in [1.82, 2.24) is 5.32 Å². The van der Waals surface area contributed by atoms with Gasteiger partial charge in [-0.3, -0.25) is 9.10 Å². The van der Waals surface area contributed by atoms with Crippen LogP contribution in [0.4, 0.5) is 10.1 Å². The molecule has 0 bridgehead atoms. The Bertz CT molecular complexity index is 871. The summed E-state index contributed by atoms with van der Waals surface area (Å²) in [6, 6.07) is 12.7. The van der Waals surface area contributed by atoms with Crippen LogP contribution in [0.5, 0.6) is 5.75 Å². The van der Waals surface area contributed by atoms with Crippen LogP contribution in [0.3, 0.4) is 0 Å². The maximum Gasteiger partial charge on any atom is 0.232 e. The van der Waals surface area contributed by atoms with E-state index >= 15 is 0 Å². The molecule has 0 aliphatic rings. The standard InChI is InChI=1S/C18H21FN2O4S/c1-25-16-8-5-7-15(12-16)21(26(2,23)24)11-10-18(22)20-13-14-6-3-4-9-17(14)19/h3-9,12H,10-11,13H2,1-2H3,(H,20,22). The molecule has 0 fully saturated rings. The molecule has 0 radical (unpaired) electrons. The lowest BCUT2D eigenvalue weighted by molar-refractivity contribution is -0.121. The summed E-state index contributed by atoms with van der Waals surface area (Å²) in [5, 5.41) is 2.60. The third-order valence-corrected chi connectivity index (χ3v) is 4.91. The number of benzene rings is 2. The molecule has 2 aromatic carbocycles. The van der Waals surface area contributed by atoms with E-state index in [1.807, 2.05) is 0 Å². The Morgan fingerprint density at radius 1 is 1.19 bits per heavy atom. The smallest absolute Gasteiger partial charge is 0.232 e. The zero-order chi connectivity index (χ0) is 19.2. The van der Waals surface area contributed by atoms with Crippen molar-refractivity contribution < 1.29 is 22.3 Å². The topological polar surface area (TPSA) is 75.7 Å². The third kappa shape index (κ3) is 5.45. The largest absolute Gasteiger partial charge is 0.497 e. The van der Waals surface area contributed by atoms with E-state index in [4.69, 9.17) is 4.74 Å². The van der Waals surface area contributed by atoms with Crippen molar-refractivity contribution >= 4 is 21.6 Å². The van der Waals surface area contributed by atoms with E-state index in [1.54, 1.807) is 42.5 Å². The highest BCUT2D eigenvalue weighted by Crippen LogP contribution is 2.23. The van der Waals surface area contributed by atoms with Crippen molar-refractivity contribution in [1.29, 1.82) is 0 Å². The Hall–Kier alpha value is -2.61. The van der Waals surface area contributed by atoms with Gasteiger partial charge in [-0.1, -0.05) is 24.3 Å². The van der Waals surface area contributed by atoms with Crippen LogP contribution < -0.4 is 14.4 Å². The number of carbonyl (C=O) groups is 1. The highest BCUT2D eigenvalue weighted by molar-refractivity contribution is 7.92. The van der Waals surface area contributed by atoms with Crippen LogP contribution >= 0.6 is 0 Å². The van der Waals surface area contributed by atoms with Crippen molar-refractivity contribution in [2.45, 2.75) is 13.0 Å². The summed E-state index contributed by atoms with van der Waals surface area (Å²) >= 11 is 0. The molecule has 140 valence electrons. The zero-order valence-electron chi connectivity index (χ0n) is 14.6. The van der Waals surface area contributed by atoms with Crippen molar-refractivity contribution in [3.8, 4) is 5.75 Å². The van der Waals surface area contributed by atoms with Gasteiger partial charge in [-0.2, -0.15) is 0 Å². The minimum atomic E-state index is -3.57. The molecule has 1 N–H and O–H groups in total. The van der Waals surface area contributed by atoms with Gasteiger partial charge < -0.3 is 10.1 Å². The predicted octanol–water partition coefficient (Wildman–Crippen LogP) is 2.31. The minimum Gasteiger partial charge on any atom is -0.497 e. The van der Waals surface area contributed by atoms with E-state index in [0.717, 1.165) is 10.6 Å². The highest BCUT2D eigenvalue weighted by atomic mass is 32.2. The summed E-state index contributed by atoms with van der Waals surface area (Å²) in [6.45, 7) is 0.0125. The zero-order valence-corrected chi connectivity index (χ0v) is 15.4. The fourth-order valence-corrected chi connectivity index (χ4v) is 3.30. The number of methoxy groups -OCH3 is 1. The van der Waals surface area contributed by atoms with Crippen molar-refractivity contribution in [2.75, 3.05) is 24.2 Å². The number of halogens is 1. The normalized spacial score (nSPS) is 11.0. The van der Waals surface area contributed by atoms with Crippen LogP contribution in [0.1, 0.15) is 12.0 Å². The van der Waals surface area contributed by atoms with Crippen molar-refractivity contribution in [3.05, 3.63) is 59.9 Å². The van der Waals surface area contributed by atoms with Gasteiger partial charge in [-0.15, -0.1) is 0 Å². The maximum absolute atomic E-state index is 13.6. The Morgan fingerprint density at radius 2 is 1.92 bits per heavy atom. The maximum atomic E-state index is 13.6. The van der Waals surface area contributed by atoms with Crippen molar-refractivity contribution in [2.24, 2.45) is 0 Å². The third-order valence-electron chi connectivity index (χ3n) is 3.72. The molecule has 2 aromatic rings. The second-order valence-corrected chi connectivity index (χ2v) is 7.56. The molecule has 0 heterocycles. The Labute approximate surface area is 152 Å². The van der Waals surface area contributed by atoms with E-state index in [0.29, 0.717) is 17.0 Å². The molecule has 0 saturated heterocycles. The van der Waals surface area contributed by atoms with Gasteiger partial charge in [-0.25, -0.2) is 12.8 Å². The fourth-order valence-electron chi connectivity index (χ4n) is 2.38. The number of anilines is 1. The van der Waals surface area contributed by atoms with Gasteiger partial charge in [0.1, 0.15) is 11.6 Å². The molecule has 2 rings (SSSR count). The molecule has 0 aliphatic carbocycles. The lowest BCUT2D eigenvalue weighted by Crippen LogP contribution is -2.34. The monoisotopic (exact) mass is 380 g/mol. The number of amides is 1. The molecular formula is C18H21FN2O4S. The summed E-state index contributed by atoms with van der Waals surface area (Å²) in [4.78, 5) is 12.0. The van der Waals surface area contributed by atoms with Crippen LogP contribution in [-0.4, -0.2) is 34.2 Å². The average Bonchev–Trinajstić information content (AvgIpc) is 2.60. The first-order chi connectivity index (χ1) is 12.3. The van der Waals surface area contributed by atoms with Crippen LogP contribution in [-0.2, 0) is 21.4 Å². The number of rotatable bonds is 8. The van der Waals surface area contributed by atoms with Gasteiger partial charge in [0.05, 0.1) is 19.1 Å². The molecule has 0 aliphatic heterocycles. The molecule has 1 amide bonds. The van der Waals surface area contributed by atoms with E-state index in [2.05, 4.69) is 5.32 Å². The molecule has 0 aromatic heterocycles. The number of sulfonamides is 1. The molecule has 0 unspecified atom stereocenters. The van der Waals surface area contributed by atoms with Gasteiger partial charge in [0.25, 0.3) is 0 Å². The van der Waals surface area contributed by atoms with Gasteiger partial charge >= 0.3 is 0 Å². The summed E-state index contributed by atoms with van der Waals surface area (Å²) in [5.41, 5.74) is 0.780. The predicted molar refractivity (Wildman–Crippen MR) is 98.0 cm³/mol. The van der Waals surface area contributed by atoms with Crippen LogP contribution in [0.15, 0.2) is 48.5 Å². The quantitative estimate of drug-likeness (QED) is 0.763. The van der Waals surface area contributed by atoms with Gasteiger partial charge in [0, 0.05) is 31.1 Å². The number of carbonyl (C=O) groups excluding carboxylic acids is 1. The van der Waals surface area contributed by atoms with Crippen LogP contribution in [0.25, 0.3) is 0 Å². The van der Waals surface area contributed by atoms with Crippen LogP contribution in [0, 0.1) is 5.82 Å². The highest BCUT2D eigenvalue weighted by Gasteiger charge is 2.19. The summed E-state index contributed by atoms with van der Waals surface area (Å²) in [7, 11) is -2.09. The second-order valence-electron chi connectivity index (χ2n) is 5.65. The van der Waals surface area contributed by atoms with Crippen LogP contribution in [0.2, 0.25) is 0 Å². The Balaban J connectivity index is 2.01. The average molecular weight is 380 g/mol. The summed E-state index contributed by atoms with van der Waals surface area (Å²) in [5.74, 6) is -0.258. The van der Waals surface area contributed by atoms with Gasteiger partial charge in [0.15, 0.2) is 0 Å². The minimum absolute atomic E-state index is 0.0326. The first-order valence-electron chi connectivity index (χ1n) is 7.93. The van der Waals surface area contributed by atoms with E-state index in [-0.39, 0.29) is 25.4 Å². The number of hydrogen-bond acceptors (Lipinski definition) is 4. The fraction of sp³-hybridized carbons (Fsp3) is 0.278.